The van der Waals surface area contributed by atoms with Gasteiger partial charge in [0.2, 0.25) is 23.6 Å². The van der Waals surface area contributed by atoms with Crippen molar-refractivity contribution < 1.29 is 34.1 Å². The lowest BCUT2D eigenvalue weighted by Gasteiger charge is -2.30. The average Bonchev–Trinajstić information content (AvgIpc) is 3.49. The fourth-order valence-electron chi connectivity index (χ4n) is 5.56. The van der Waals surface area contributed by atoms with Crippen LogP contribution in [0.3, 0.4) is 0 Å². The van der Waals surface area contributed by atoms with Crippen LogP contribution in [0.25, 0.3) is 0 Å². The summed E-state index contributed by atoms with van der Waals surface area (Å²) in [6, 6.07) is 9.71. The Balaban J connectivity index is 1.78. The third-order valence-corrected chi connectivity index (χ3v) is 7.79. The number of aromatic nitrogens is 1. The van der Waals surface area contributed by atoms with Crippen molar-refractivity contribution in [2.45, 2.75) is 64.3 Å². The molecule has 5 rings (SSSR count). The van der Waals surface area contributed by atoms with Gasteiger partial charge in [0, 0.05) is 23.2 Å². The van der Waals surface area contributed by atoms with Gasteiger partial charge in [-0.15, -0.1) is 0 Å². The Morgan fingerprint density at radius 2 is 1.88 bits per heavy atom. The van der Waals surface area contributed by atoms with Crippen LogP contribution in [-0.4, -0.2) is 50.2 Å². The highest BCUT2D eigenvalue weighted by Crippen LogP contribution is 2.52. The highest BCUT2D eigenvalue weighted by Gasteiger charge is 2.55. The van der Waals surface area contributed by atoms with E-state index in [9.17, 15) is 29.7 Å². The molecule has 1 aromatic heterocycles. The second-order valence-corrected chi connectivity index (χ2v) is 11.3. The first-order chi connectivity index (χ1) is 19.5. The first-order valence-corrected chi connectivity index (χ1v) is 13.6. The fourth-order valence-corrected chi connectivity index (χ4v) is 5.56. The number of para-hydroxylation sites is 1. The van der Waals surface area contributed by atoms with E-state index >= 15 is 0 Å². The molecule has 3 heterocycles. The summed E-state index contributed by atoms with van der Waals surface area (Å²) in [6.07, 6.45) is -1.33. The molecule has 0 unspecified atom stereocenters. The molecular formula is C30H34N4O7. The van der Waals surface area contributed by atoms with Crippen molar-refractivity contribution in [3.8, 4) is 5.75 Å². The van der Waals surface area contributed by atoms with Gasteiger partial charge >= 0.3 is 0 Å². The lowest BCUT2D eigenvalue weighted by molar-refractivity contribution is -0.135. The van der Waals surface area contributed by atoms with E-state index in [4.69, 9.17) is 4.42 Å². The van der Waals surface area contributed by atoms with Crippen molar-refractivity contribution >= 4 is 23.4 Å². The zero-order valence-corrected chi connectivity index (χ0v) is 23.3. The molecule has 3 amide bonds. The number of aliphatic hydroxyl groups is 2. The largest absolute Gasteiger partial charge is 0.508 e. The number of aliphatic hydroxyl groups excluding tert-OH is 2. The number of phenols is 1. The van der Waals surface area contributed by atoms with E-state index in [1.807, 2.05) is 13.8 Å². The summed E-state index contributed by atoms with van der Waals surface area (Å²) < 4.78 is 6.32. The Bertz CT molecular complexity index is 1510. The molecule has 216 valence electrons. The molecule has 4 atom stereocenters. The molecular weight excluding hydrogens is 528 g/mol. The zero-order chi connectivity index (χ0) is 29.6. The Morgan fingerprint density at radius 3 is 2.56 bits per heavy atom. The Hall–Kier alpha value is -4.22. The molecule has 0 radical (unpaired) electrons. The highest BCUT2D eigenvalue weighted by atomic mass is 16.4. The van der Waals surface area contributed by atoms with Crippen LogP contribution in [0.15, 0.2) is 46.9 Å². The lowest BCUT2D eigenvalue weighted by Crippen LogP contribution is -2.52. The normalized spacial score (nSPS) is 22.5. The predicted molar refractivity (Wildman–Crippen MR) is 148 cm³/mol. The number of amides is 3. The Labute approximate surface area is 237 Å². The number of anilines is 1. The summed E-state index contributed by atoms with van der Waals surface area (Å²) >= 11 is 0. The van der Waals surface area contributed by atoms with E-state index in [1.165, 1.54) is 6.07 Å². The molecule has 4 bridgehead atoms. The van der Waals surface area contributed by atoms with E-state index in [1.54, 1.807) is 50.2 Å². The molecule has 0 saturated carbocycles. The second kappa shape index (κ2) is 10.6. The van der Waals surface area contributed by atoms with Crippen LogP contribution in [-0.2, 0) is 32.8 Å². The molecule has 2 aliphatic heterocycles. The van der Waals surface area contributed by atoms with Gasteiger partial charge in [0.25, 0.3) is 0 Å². The Morgan fingerprint density at radius 1 is 1.15 bits per heavy atom. The third-order valence-electron chi connectivity index (χ3n) is 7.79. The second-order valence-electron chi connectivity index (χ2n) is 11.3. The van der Waals surface area contributed by atoms with Crippen LogP contribution >= 0.6 is 0 Å². The number of aromatic hydroxyl groups is 1. The number of rotatable bonds is 5. The topological polar surface area (TPSA) is 174 Å². The van der Waals surface area contributed by atoms with Gasteiger partial charge in [0.05, 0.1) is 6.61 Å². The van der Waals surface area contributed by atoms with Gasteiger partial charge in [-0.1, -0.05) is 58.0 Å². The van der Waals surface area contributed by atoms with Gasteiger partial charge in [-0.25, -0.2) is 4.98 Å². The molecule has 2 aromatic carbocycles. The van der Waals surface area contributed by atoms with Gasteiger partial charge in [-0.05, 0) is 29.5 Å². The van der Waals surface area contributed by atoms with E-state index in [-0.39, 0.29) is 46.9 Å². The number of phenolic OH excluding ortho intramolecular Hbond substituents is 1. The Kier molecular flexibility index (Phi) is 7.35. The number of hydrogen-bond donors (Lipinski definition) is 6. The minimum atomic E-state index is -1.71. The summed E-state index contributed by atoms with van der Waals surface area (Å²) in [5.74, 6) is -2.47. The molecule has 11 heteroatoms. The molecule has 41 heavy (non-hydrogen) atoms. The number of fused-ring (bicyclic) bond motifs is 8. The van der Waals surface area contributed by atoms with Crippen LogP contribution in [0.4, 0.5) is 5.69 Å². The van der Waals surface area contributed by atoms with Gasteiger partial charge in [-0.3, -0.25) is 14.4 Å². The van der Waals surface area contributed by atoms with Crippen molar-refractivity contribution in [3.05, 3.63) is 76.5 Å². The van der Waals surface area contributed by atoms with Gasteiger partial charge in [0.15, 0.2) is 11.2 Å². The maximum absolute atomic E-state index is 14.0. The summed E-state index contributed by atoms with van der Waals surface area (Å²) in [6.45, 7) is 6.50. The number of hydrogen-bond acceptors (Lipinski definition) is 8. The van der Waals surface area contributed by atoms with Crippen molar-refractivity contribution in [1.82, 2.24) is 15.6 Å². The zero-order valence-electron chi connectivity index (χ0n) is 23.3. The monoisotopic (exact) mass is 562 g/mol. The van der Waals surface area contributed by atoms with E-state index in [0.717, 1.165) is 0 Å². The van der Waals surface area contributed by atoms with Crippen LogP contribution < -0.4 is 16.0 Å². The van der Waals surface area contributed by atoms with Crippen LogP contribution in [0.2, 0.25) is 0 Å². The van der Waals surface area contributed by atoms with Crippen LogP contribution in [0, 0.1) is 11.8 Å². The van der Waals surface area contributed by atoms with Gasteiger partial charge in [0.1, 0.15) is 29.6 Å². The highest BCUT2D eigenvalue weighted by molar-refractivity contribution is 6.11. The van der Waals surface area contributed by atoms with Gasteiger partial charge in [-0.2, -0.15) is 0 Å². The minimum Gasteiger partial charge on any atom is -0.508 e. The molecule has 11 nitrogen and oxygen atoms in total. The number of benzene rings is 2. The predicted octanol–water partition coefficient (Wildman–Crippen LogP) is 2.03. The number of nitrogens with one attached hydrogen (secondary N) is 3. The van der Waals surface area contributed by atoms with E-state index in [0.29, 0.717) is 16.8 Å². The number of carbonyl (C=O) groups is 3. The summed E-state index contributed by atoms with van der Waals surface area (Å²) in [5, 5.41) is 40.4. The lowest BCUT2D eigenvalue weighted by atomic mass is 9.71. The quantitative estimate of drug-likeness (QED) is 0.274. The van der Waals surface area contributed by atoms with Crippen molar-refractivity contribution in [3.63, 3.8) is 0 Å². The van der Waals surface area contributed by atoms with Crippen molar-refractivity contribution in [1.29, 1.82) is 0 Å². The van der Waals surface area contributed by atoms with Crippen LogP contribution in [0.5, 0.6) is 5.75 Å². The molecule has 1 spiro atoms. The molecule has 0 saturated heterocycles. The molecule has 3 aromatic rings. The van der Waals surface area contributed by atoms with Crippen molar-refractivity contribution in [2.24, 2.45) is 11.8 Å². The molecule has 2 aliphatic rings. The van der Waals surface area contributed by atoms with E-state index < -0.39 is 47.9 Å². The summed E-state index contributed by atoms with van der Waals surface area (Å²) in [5.41, 5.74) is 0.0857. The maximum atomic E-state index is 14.0. The molecule has 0 aliphatic carbocycles. The first-order valence-electron chi connectivity index (χ1n) is 13.6. The molecule has 6 N–H and O–H groups in total. The summed E-state index contributed by atoms with van der Waals surface area (Å²) in [7, 11) is 0. The SMILES string of the molecule is CC(C)[C@H](O)C(=O)N[C@H]1Cc2ccc(O)c(c2)[C@]2(C(=O)Nc3ccccc32)c2oc(nc2CO)[C@H](C(C)C)NC1=O. The van der Waals surface area contributed by atoms with Gasteiger partial charge < -0.3 is 35.7 Å². The third kappa shape index (κ3) is 4.64. The first kappa shape index (κ1) is 28.3. The fraction of sp³-hybridized carbons (Fsp3) is 0.400. The number of nitrogens with zero attached hydrogens (tertiary/aromatic N) is 1. The maximum Gasteiger partial charge on any atom is 0.249 e. The molecule has 0 fully saturated rings. The smallest absolute Gasteiger partial charge is 0.249 e. The average molecular weight is 563 g/mol. The standard InChI is InChI=1S/C30H34N4O7/c1-14(2)23-28-32-21(13-35)25(41-28)30(17-7-5-6-8-19(17)33-29(30)40)18-11-16(9-10-22(18)36)12-20(26(38)34-23)31-27(39)24(37)15(3)4/h5-11,14-15,20,23-24,35-37H,12-13H2,1-4H3,(H,31,39)(H,33,40)(H,34,38)/t20-,23-,24-,30-/m0/s1. The van der Waals surface area contributed by atoms with Crippen molar-refractivity contribution in [2.75, 3.05) is 5.32 Å². The van der Waals surface area contributed by atoms with E-state index in [2.05, 4.69) is 20.9 Å². The number of carbonyl (C=O) groups excluding carboxylic acids is 3. The number of oxazole rings is 1. The van der Waals surface area contributed by atoms with Crippen LogP contribution in [0.1, 0.15) is 67.8 Å². The minimum absolute atomic E-state index is 0.000925. The summed E-state index contributed by atoms with van der Waals surface area (Å²) in [4.78, 5) is 45.0.